The largest absolute Gasteiger partial charge is 0.445 e. The summed E-state index contributed by atoms with van der Waals surface area (Å²) in [5.41, 5.74) is 1.86. The van der Waals surface area contributed by atoms with Crippen LogP contribution in [0.3, 0.4) is 0 Å². The molecule has 2 aliphatic rings. The zero-order chi connectivity index (χ0) is 22.8. The monoisotopic (exact) mass is 435 g/mol. The molecule has 1 fully saturated rings. The third kappa shape index (κ3) is 4.08. The summed E-state index contributed by atoms with van der Waals surface area (Å²) in [6, 6.07) is 13.8. The Morgan fingerprint density at radius 1 is 0.875 bits per heavy atom. The summed E-state index contributed by atoms with van der Waals surface area (Å²) < 4.78 is 5.36. The molecule has 0 atom stereocenters. The first-order valence-corrected chi connectivity index (χ1v) is 10.6. The van der Waals surface area contributed by atoms with Gasteiger partial charge < -0.3 is 14.5 Å². The van der Waals surface area contributed by atoms with Crippen LogP contribution in [0.4, 0.5) is 4.79 Å². The van der Waals surface area contributed by atoms with Gasteiger partial charge in [0.25, 0.3) is 17.7 Å². The summed E-state index contributed by atoms with van der Waals surface area (Å²) >= 11 is 0. The van der Waals surface area contributed by atoms with Crippen LogP contribution in [0.2, 0.25) is 0 Å². The van der Waals surface area contributed by atoms with E-state index in [9.17, 15) is 19.2 Å². The van der Waals surface area contributed by atoms with E-state index >= 15 is 0 Å². The van der Waals surface area contributed by atoms with Gasteiger partial charge in [0.05, 0.1) is 11.1 Å². The Kier molecular flexibility index (Phi) is 5.94. The van der Waals surface area contributed by atoms with Gasteiger partial charge in [-0.2, -0.15) is 0 Å². The highest BCUT2D eigenvalue weighted by Gasteiger charge is 2.38. The Morgan fingerprint density at radius 3 is 2.16 bits per heavy atom. The molecular formula is C24H25N3O5. The molecular weight excluding hydrogens is 410 g/mol. The molecule has 4 rings (SSSR count). The molecule has 0 aromatic heterocycles. The first-order chi connectivity index (χ1) is 15.4. The fourth-order valence-electron chi connectivity index (χ4n) is 3.95. The lowest BCUT2D eigenvalue weighted by atomic mass is 10.0. The minimum atomic E-state index is -0.406. The van der Waals surface area contributed by atoms with Crippen molar-refractivity contribution >= 4 is 23.8 Å². The number of carbonyl (C=O) groups is 4. The molecule has 32 heavy (non-hydrogen) atoms. The number of hydrogen-bond donors (Lipinski definition) is 0. The second-order valence-corrected chi connectivity index (χ2v) is 8.15. The quantitative estimate of drug-likeness (QED) is 0.690. The molecule has 2 aromatic carbocycles. The number of piperazine rings is 1. The van der Waals surface area contributed by atoms with E-state index in [0.29, 0.717) is 37.3 Å². The number of amides is 4. The zero-order valence-electron chi connectivity index (χ0n) is 18.1. The summed E-state index contributed by atoms with van der Waals surface area (Å²) in [6.07, 6.45) is -0.406. The average Bonchev–Trinajstić information content (AvgIpc) is 3.07. The molecule has 2 aromatic rings. The first kappa shape index (κ1) is 21.5. The van der Waals surface area contributed by atoms with Gasteiger partial charge in [-0.3, -0.25) is 19.3 Å². The maximum Gasteiger partial charge on any atom is 0.410 e. The summed E-state index contributed by atoms with van der Waals surface area (Å²) in [6.45, 7) is 5.21. The van der Waals surface area contributed by atoms with Crippen LogP contribution in [-0.2, 0) is 11.3 Å². The van der Waals surface area contributed by atoms with Crippen LogP contribution in [0, 0.1) is 0 Å². The molecule has 1 saturated heterocycles. The normalized spacial score (nSPS) is 15.9. The van der Waals surface area contributed by atoms with Crippen molar-refractivity contribution < 1.29 is 23.9 Å². The minimum Gasteiger partial charge on any atom is -0.445 e. The van der Waals surface area contributed by atoms with Gasteiger partial charge in [0.1, 0.15) is 6.61 Å². The van der Waals surface area contributed by atoms with E-state index in [1.54, 1.807) is 35.8 Å². The molecule has 8 heteroatoms. The van der Waals surface area contributed by atoms with E-state index in [0.717, 1.165) is 5.56 Å². The van der Waals surface area contributed by atoms with Gasteiger partial charge in [-0.15, -0.1) is 0 Å². The van der Waals surface area contributed by atoms with E-state index in [2.05, 4.69) is 0 Å². The van der Waals surface area contributed by atoms with Crippen molar-refractivity contribution in [3.8, 4) is 0 Å². The second kappa shape index (κ2) is 8.82. The number of fused-ring (bicyclic) bond motifs is 1. The molecule has 166 valence electrons. The van der Waals surface area contributed by atoms with Gasteiger partial charge in [-0.05, 0) is 37.6 Å². The Balaban J connectivity index is 1.36. The van der Waals surface area contributed by atoms with Crippen molar-refractivity contribution in [3.63, 3.8) is 0 Å². The molecule has 4 amide bonds. The highest BCUT2D eigenvalue weighted by molar-refractivity contribution is 6.22. The Morgan fingerprint density at radius 2 is 1.50 bits per heavy atom. The van der Waals surface area contributed by atoms with Gasteiger partial charge in [-0.25, -0.2) is 4.79 Å². The third-order valence-corrected chi connectivity index (χ3v) is 5.71. The van der Waals surface area contributed by atoms with Crippen LogP contribution in [-0.4, -0.2) is 70.7 Å². The van der Waals surface area contributed by atoms with Crippen LogP contribution in [0.15, 0.2) is 48.5 Å². The summed E-state index contributed by atoms with van der Waals surface area (Å²) in [4.78, 5) is 54.8. The number of hydrogen-bond acceptors (Lipinski definition) is 5. The number of rotatable bonds is 4. The van der Waals surface area contributed by atoms with Gasteiger partial charge in [-0.1, -0.05) is 30.3 Å². The number of nitrogens with zero attached hydrogens (tertiary/aromatic N) is 3. The molecule has 0 aliphatic carbocycles. The molecule has 0 N–H and O–H groups in total. The topological polar surface area (TPSA) is 87.2 Å². The SMILES string of the molecule is CC(C)N1C(=O)c2ccc(C(=O)N3CCN(C(=O)OCc4ccccc4)CC3)cc2C1=O. The molecule has 2 heterocycles. The number of imide groups is 1. The maximum absolute atomic E-state index is 13.0. The first-order valence-electron chi connectivity index (χ1n) is 10.6. The smallest absolute Gasteiger partial charge is 0.410 e. The molecule has 2 aliphatic heterocycles. The van der Waals surface area contributed by atoms with E-state index in [1.165, 1.54) is 11.0 Å². The summed E-state index contributed by atoms with van der Waals surface area (Å²) in [5.74, 6) is -0.935. The molecule has 0 bridgehead atoms. The van der Waals surface area contributed by atoms with Crippen molar-refractivity contribution in [3.05, 3.63) is 70.8 Å². The zero-order valence-corrected chi connectivity index (χ0v) is 18.1. The molecule has 0 spiro atoms. The lowest BCUT2D eigenvalue weighted by molar-refractivity contribution is 0.0544. The minimum absolute atomic E-state index is 0.202. The third-order valence-electron chi connectivity index (χ3n) is 5.71. The number of ether oxygens (including phenoxy) is 1. The number of carbonyl (C=O) groups excluding carboxylic acids is 4. The molecule has 0 unspecified atom stereocenters. The van der Waals surface area contributed by atoms with Crippen LogP contribution >= 0.6 is 0 Å². The van der Waals surface area contributed by atoms with E-state index in [4.69, 9.17) is 4.74 Å². The maximum atomic E-state index is 13.0. The second-order valence-electron chi connectivity index (χ2n) is 8.15. The predicted molar refractivity (Wildman–Crippen MR) is 116 cm³/mol. The Bertz CT molecular complexity index is 1060. The fourth-order valence-corrected chi connectivity index (χ4v) is 3.95. The predicted octanol–water partition coefficient (Wildman–Crippen LogP) is 2.79. The van der Waals surface area contributed by atoms with Gasteiger partial charge in [0, 0.05) is 37.8 Å². The molecule has 0 radical (unpaired) electrons. The van der Waals surface area contributed by atoms with E-state index in [-0.39, 0.29) is 35.9 Å². The Labute approximate surface area is 186 Å². The van der Waals surface area contributed by atoms with Gasteiger partial charge in [0.15, 0.2) is 0 Å². The van der Waals surface area contributed by atoms with Crippen LogP contribution in [0.1, 0.15) is 50.5 Å². The average molecular weight is 435 g/mol. The summed E-state index contributed by atoms with van der Waals surface area (Å²) in [5, 5.41) is 0. The van der Waals surface area contributed by atoms with Gasteiger partial charge in [0.2, 0.25) is 0 Å². The van der Waals surface area contributed by atoms with Crippen molar-refractivity contribution in [2.45, 2.75) is 26.5 Å². The van der Waals surface area contributed by atoms with E-state index < -0.39 is 6.09 Å². The van der Waals surface area contributed by atoms with Crippen molar-refractivity contribution in [2.75, 3.05) is 26.2 Å². The van der Waals surface area contributed by atoms with Gasteiger partial charge >= 0.3 is 6.09 Å². The Hall–Kier alpha value is -3.68. The van der Waals surface area contributed by atoms with Crippen molar-refractivity contribution in [1.82, 2.24) is 14.7 Å². The van der Waals surface area contributed by atoms with Crippen LogP contribution < -0.4 is 0 Å². The number of benzene rings is 2. The van der Waals surface area contributed by atoms with E-state index in [1.807, 2.05) is 30.3 Å². The van der Waals surface area contributed by atoms with Crippen molar-refractivity contribution in [1.29, 1.82) is 0 Å². The van der Waals surface area contributed by atoms with Crippen LogP contribution in [0.5, 0.6) is 0 Å². The highest BCUT2D eigenvalue weighted by atomic mass is 16.6. The molecule has 8 nitrogen and oxygen atoms in total. The van der Waals surface area contributed by atoms with Crippen LogP contribution in [0.25, 0.3) is 0 Å². The lowest BCUT2D eigenvalue weighted by Crippen LogP contribution is -2.50. The molecule has 0 saturated carbocycles. The summed E-state index contributed by atoms with van der Waals surface area (Å²) in [7, 11) is 0. The standard InChI is InChI=1S/C24H25N3O5/c1-16(2)27-22(29)19-9-8-18(14-20(19)23(27)30)21(28)25-10-12-26(13-11-25)24(31)32-15-17-6-4-3-5-7-17/h3-9,14,16H,10-13,15H2,1-2H3. The lowest BCUT2D eigenvalue weighted by Gasteiger charge is -2.34. The highest BCUT2D eigenvalue weighted by Crippen LogP contribution is 2.26. The fraction of sp³-hybridized carbons (Fsp3) is 0.333. The van der Waals surface area contributed by atoms with Crippen molar-refractivity contribution in [2.24, 2.45) is 0 Å².